The first-order valence-corrected chi connectivity index (χ1v) is 11.5. The highest BCUT2D eigenvalue weighted by molar-refractivity contribution is 7.89. The quantitative estimate of drug-likeness (QED) is 0.692. The van der Waals surface area contributed by atoms with Gasteiger partial charge in [-0.1, -0.05) is 0 Å². The summed E-state index contributed by atoms with van der Waals surface area (Å²) in [5, 5.41) is 3.89. The molecule has 27 heavy (non-hydrogen) atoms. The van der Waals surface area contributed by atoms with Crippen molar-refractivity contribution in [2.45, 2.75) is 36.2 Å². The van der Waals surface area contributed by atoms with E-state index in [1.807, 2.05) is 13.8 Å². The summed E-state index contributed by atoms with van der Waals surface area (Å²) in [4.78, 5) is 4.13. The molecule has 0 aromatic carbocycles. The van der Waals surface area contributed by atoms with Crippen LogP contribution in [0, 0.1) is 0 Å². The smallest absolute Gasteiger partial charge is 0.262 e. The van der Waals surface area contributed by atoms with E-state index in [1.165, 1.54) is 38.2 Å². The fourth-order valence-corrected chi connectivity index (χ4v) is 5.74. The molecule has 0 aliphatic carbocycles. The number of aromatic nitrogens is 4. The Hall–Kier alpha value is -1.76. The van der Waals surface area contributed by atoms with Crippen LogP contribution in [-0.4, -0.2) is 71.0 Å². The van der Waals surface area contributed by atoms with Crippen molar-refractivity contribution in [3.05, 3.63) is 24.9 Å². The van der Waals surface area contributed by atoms with Crippen molar-refractivity contribution < 1.29 is 16.8 Å². The van der Waals surface area contributed by atoms with E-state index in [1.54, 1.807) is 11.6 Å². The molecule has 150 valence electrons. The molecule has 0 N–H and O–H groups in total. The number of imidazole rings is 1. The minimum absolute atomic E-state index is 0.0141. The first-order chi connectivity index (χ1) is 12.6. The van der Waals surface area contributed by atoms with E-state index in [0.29, 0.717) is 6.42 Å². The molecule has 0 saturated carbocycles. The van der Waals surface area contributed by atoms with Crippen LogP contribution in [0.15, 0.2) is 34.8 Å². The van der Waals surface area contributed by atoms with Gasteiger partial charge in [-0.3, -0.25) is 4.68 Å². The molecule has 0 atom stereocenters. The first-order valence-electron chi connectivity index (χ1n) is 8.65. The molecule has 0 unspecified atom stereocenters. The summed E-state index contributed by atoms with van der Waals surface area (Å²) >= 11 is 0. The largest absolute Gasteiger partial charge is 0.334 e. The monoisotopic (exact) mass is 416 g/mol. The Morgan fingerprint density at radius 1 is 0.963 bits per heavy atom. The Balaban J connectivity index is 1.78. The van der Waals surface area contributed by atoms with Crippen LogP contribution >= 0.6 is 0 Å². The number of aryl methyl sites for hydroxylation is 1. The van der Waals surface area contributed by atoms with Gasteiger partial charge in [0.2, 0.25) is 10.0 Å². The standard InChI is InChI=1S/C15H24N6O4S2/c1-13(2)19-11-15(16-12-19)27(24,25)21-6-4-5-20(7-8-21)26(22,23)14-9-17-18(3)10-14/h9-13H,4-8H2,1-3H3. The van der Waals surface area contributed by atoms with Crippen LogP contribution < -0.4 is 0 Å². The van der Waals surface area contributed by atoms with E-state index in [2.05, 4.69) is 10.1 Å². The van der Waals surface area contributed by atoms with E-state index in [-0.39, 0.29) is 42.1 Å². The Morgan fingerprint density at radius 2 is 1.59 bits per heavy atom. The predicted octanol–water partition coefficient (Wildman–Crippen LogP) is 0.283. The molecule has 1 saturated heterocycles. The normalized spacial score (nSPS) is 18.1. The lowest BCUT2D eigenvalue weighted by Gasteiger charge is -2.20. The molecular weight excluding hydrogens is 392 g/mol. The molecule has 3 heterocycles. The molecule has 10 nitrogen and oxygen atoms in total. The lowest BCUT2D eigenvalue weighted by Crippen LogP contribution is -2.37. The van der Waals surface area contributed by atoms with E-state index in [9.17, 15) is 16.8 Å². The molecule has 0 spiro atoms. The zero-order valence-electron chi connectivity index (χ0n) is 15.6. The minimum atomic E-state index is -3.76. The van der Waals surface area contributed by atoms with Gasteiger partial charge >= 0.3 is 0 Å². The Kier molecular flexibility index (Phi) is 5.43. The zero-order valence-corrected chi connectivity index (χ0v) is 17.2. The number of rotatable bonds is 5. The molecule has 0 radical (unpaired) electrons. The third-order valence-electron chi connectivity index (χ3n) is 4.51. The first kappa shape index (κ1) is 20.0. The van der Waals surface area contributed by atoms with Gasteiger partial charge < -0.3 is 4.57 Å². The van der Waals surface area contributed by atoms with Gasteiger partial charge in [-0.05, 0) is 20.3 Å². The summed E-state index contributed by atoms with van der Waals surface area (Å²) in [6, 6.07) is 0.103. The number of hydrogen-bond donors (Lipinski definition) is 0. The maximum Gasteiger partial charge on any atom is 0.262 e. The molecule has 12 heteroatoms. The molecule has 3 rings (SSSR count). The number of nitrogens with zero attached hydrogens (tertiary/aromatic N) is 6. The predicted molar refractivity (Wildman–Crippen MR) is 98.0 cm³/mol. The van der Waals surface area contributed by atoms with Gasteiger partial charge in [-0.2, -0.15) is 13.7 Å². The van der Waals surface area contributed by atoms with Crippen molar-refractivity contribution >= 4 is 20.0 Å². The van der Waals surface area contributed by atoms with Crippen LogP contribution in [0.1, 0.15) is 26.3 Å². The lowest BCUT2D eigenvalue weighted by molar-refractivity contribution is 0.403. The summed E-state index contributed by atoms with van der Waals surface area (Å²) in [6.07, 6.45) is 6.15. The maximum absolute atomic E-state index is 12.9. The van der Waals surface area contributed by atoms with Crippen molar-refractivity contribution in [3.63, 3.8) is 0 Å². The third-order valence-corrected chi connectivity index (χ3v) is 8.15. The second kappa shape index (κ2) is 7.34. The second-order valence-electron chi connectivity index (χ2n) is 6.76. The number of hydrogen-bond acceptors (Lipinski definition) is 6. The molecule has 1 aliphatic rings. The van der Waals surface area contributed by atoms with Crippen LogP contribution in [0.4, 0.5) is 0 Å². The van der Waals surface area contributed by atoms with Gasteiger partial charge in [0.15, 0.2) is 5.03 Å². The topological polar surface area (TPSA) is 110 Å². The van der Waals surface area contributed by atoms with Gasteiger partial charge in [-0.15, -0.1) is 0 Å². The van der Waals surface area contributed by atoms with Crippen molar-refractivity contribution in [1.82, 2.24) is 27.9 Å². The fraction of sp³-hybridized carbons (Fsp3) is 0.600. The van der Waals surface area contributed by atoms with Crippen molar-refractivity contribution in [1.29, 1.82) is 0 Å². The molecule has 0 amide bonds. The van der Waals surface area contributed by atoms with Gasteiger partial charge in [0.1, 0.15) is 4.90 Å². The Labute approximate surface area is 159 Å². The van der Waals surface area contributed by atoms with Crippen molar-refractivity contribution in [2.75, 3.05) is 26.2 Å². The van der Waals surface area contributed by atoms with Crippen molar-refractivity contribution in [3.8, 4) is 0 Å². The summed E-state index contributed by atoms with van der Waals surface area (Å²) in [7, 11) is -5.82. The SMILES string of the molecule is CC(C)n1cnc(S(=O)(=O)N2CCCN(S(=O)(=O)c3cnn(C)c3)CC2)c1. The van der Waals surface area contributed by atoms with Crippen molar-refractivity contribution in [2.24, 2.45) is 7.05 Å². The van der Waals surface area contributed by atoms with Crippen LogP contribution in [0.5, 0.6) is 0 Å². The maximum atomic E-state index is 12.9. The van der Waals surface area contributed by atoms with E-state index in [4.69, 9.17) is 0 Å². The van der Waals surface area contributed by atoms with Crippen LogP contribution in [-0.2, 0) is 27.1 Å². The van der Waals surface area contributed by atoms with E-state index in [0.717, 1.165) is 0 Å². The van der Waals surface area contributed by atoms with Gasteiger partial charge in [0.05, 0.1) is 12.5 Å². The summed E-state index contributed by atoms with van der Waals surface area (Å²) in [5.41, 5.74) is 0. The van der Waals surface area contributed by atoms with E-state index >= 15 is 0 Å². The zero-order chi connectivity index (χ0) is 19.8. The Morgan fingerprint density at radius 3 is 2.11 bits per heavy atom. The van der Waals surface area contributed by atoms with Crippen LogP contribution in [0.25, 0.3) is 0 Å². The molecular formula is C15H24N6O4S2. The number of sulfonamides is 2. The lowest BCUT2D eigenvalue weighted by atomic mass is 10.4. The average molecular weight is 417 g/mol. The molecule has 2 aromatic heterocycles. The summed E-state index contributed by atoms with van der Waals surface area (Å²) in [6.45, 7) is 4.54. The molecule has 2 aromatic rings. The summed E-state index contributed by atoms with van der Waals surface area (Å²) < 4.78 is 57.0. The Bertz CT molecular complexity index is 1010. The third kappa shape index (κ3) is 3.93. The van der Waals surface area contributed by atoms with Gasteiger partial charge in [0.25, 0.3) is 10.0 Å². The molecule has 1 fully saturated rings. The van der Waals surface area contributed by atoms with Gasteiger partial charge in [0, 0.05) is 51.7 Å². The highest BCUT2D eigenvalue weighted by Crippen LogP contribution is 2.21. The van der Waals surface area contributed by atoms with Crippen LogP contribution in [0.2, 0.25) is 0 Å². The summed E-state index contributed by atoms with van der Waals surface area (Å²) in [5.74, 6) is 0. The second-order valence-corrected chi connectivity index (χ2v) is 10.6. The minimum Gasteiger partial charge on any atom is -0.334 e. The van der Waals surface area contributed by atoms with E-state index < -0.39 is 20.0 Å². The fourth-order valence-electron chi connectivity index (χ4n) is 2.90. The average Bonchev–Trinajstić information content (AvgIpc) is 3.18. The van der Waals surface area contributed by atoms with Gasteiger partial charge in [-0.25, -0.2) is 21.8 Å². The highest BCUT2D eigenvalue weighted by atomic mass is 32.2. The van der Waals surface area contributed by atoms with Crippen LogP contribution in [0.3, 0.4) is 0 Å². The molecule has 1 aliphatic heterocycles. The highest BCUT2D eigenvalue weighted by Gasteiger charge is 2.33. The molecule has 0 bridgehead atoms.